The second-order valence-electron chi connectivity index (χ2n) is 5.01. The van der Waals surface area contributed by atoms with Gasteiger partial charge in [0.25, 0.3) is 0 Å². The highest BCUT2D eigenvalue weighted by molar-refractivity contribution is 5.78. The van der Waals surface area contributed by atoms with Crippen molar-refractivity contribution in [2.45, 2.75) is 46.2 Å². The van der Waals surface area contributed by atoms with Crippen LogP contribution in [-0.4, -0.2) is 60.5 Å². The van der Waals surface area contributed by atoms with Crippen LogP contribution in [0.2, 0.25) is 0 Å². The molecule has 0 spiro atoms. The highest BCUT2D eigenvalue weighted by Gasteiger charge is 2.25. The van der Waals surface area contributed by atoms with Gasteiger partial charge in [0, 0.05) is 31.7 Å². The molecule has 1 aliphatic rings. The lowest BCUT2D eigenvalue weighted by molar-refractivity contribution is -0.133. The van der Waals surface area contributed by atoms with Crippen molar-refractivity contribution in [1.29, 1.82) is 0 Å². The normalized spacial score (nSPS) is 23.8. The van der Waals surface area contributed by atoms with Gasteiger partial charge in [-0.1, -0.05) is 13.8 Å². The van der Waals surface area contributed by atoms with Crippen molar-refractivity contribution in [2.75, 3.05) is 32.7 Å². The van der Waals surface area contributed by atoms with Crippen LogP contribution in [0.25, 0.3) is 0 Å². The molecule has 1 heterocycles. The summed E-state index contributed by atoms with van der Waals surface area (Å²) in [6.07, 6.45) is 1.06. The minimum Gasteiger partial charge on any atom is -0.339 e. The molecule has 1 aliphatic heterocycles. The number of carbonyl (C=O) groups is 1. The molecule has 4 nitrogen and oxygen atoms in total. The zero-order valence-corrected chi connectivity index (χ0v) is 11.7. The van der Waals surface area contributed by atoms with E-state index in [4.69, 9.17) is 0 Å². The van der Waals surface area contributed by atoms with Crippen molar-refractivity contribution in [1.82, 2.24) is 15.1 Å². The predicted octanol–water partition coefficient (Wildman–Crippen LogP) is 0.927. The molecule has 1 rings (SSSR count). The van der Waals surface area contributed by atoms with Crippen LogP contribution in [0.3, 0.4) is 0 Å². The van der Waals surface area contributed by atoms with E-state index in [-0.39, 0.29) is 5.91 Å². The Kier molecular flexibility index (Phi) is 5.92. The topological polar surface area (TPSA) is 35.6 Å². The van der Waals surface area contributed by atoms with Gasteiger partial charge < -0.3 is 10.2 Å². The van der Waals surface area contributed by atoms with Crippen LogP contribution in [0.5, 0.6) is 0 Å². The predicted molar refractivity (Wildman–Crippen MR) is 71.0 cm³/mol. The molecule has 1 amide bonds. The Morgan fingerprint density at radius 3 is 2.65 bits per heavy atom. The molecule has 17 heavy (non-hydrogen) atoms. The molecule has 1 N–H and O–H groups in total. The second kappa shape index (κ2) is 6.97. The lowest BCUT2D eigenvalue weighted by atomic mass is 10.2. The molecular weight excluding hydrogens is 214 g/mol. The van der Waals surface area contributed by atoms with Crippen molar-refractivity contribution in [3.05, 3.63) is 0 Å². The quantitative estimate of drug-likeness (QED) is 0.778. The molecule has 0 aromatic heterocycles. The van der Waals surface area contributed by atoms with Crippen molar-refractivity contribution >= 4 is 5.91 Å². The summed E-state index contributed by atoms with van der Waals surface area (Å²) in [6.45, 7) is 12.9. The van der Waals surface area contributed by atoms with Crippen molar-refractivity contribution in [3.8, 4) is 0 Å². The zero-order valence-electron chi connectivity index (χ0n) is 11.7. The van der Waals surface area contributed by atoms with Crippen LogP contribution in [0.1, 0.15) is 34.1 Å². The van der Waals surface area contributed by atoms with E-state index in [0.717, 1.165) is 32.6 Å². The zero-order chi connectivity index (χ0) is 12.8. The van der Waals surface area contributed by atoms with Gasteiger partial charge >= 0.3 is 0 Å². The third kappa shape index (κ3) is 4.28. The van der Waals surface area contributed by atoms with E-state index in [1.807, 2.05) is 4.90 Å². The summed E-state index contributed by atoms with van der Waals surface area (Å²) >= 11 is 0. The summed E-state index contributed by atoms with van der Waals surface area (Å²) in [7, 11) is 0. The Balaban J connectivity index is 2.34. The highest BCUT2D eigenvalue weighted by atomic mass is 16.2. The number of hydrogen-bond donors (Lipinski definition) is 1. The lowest BCUT2D eigenvalue weighted by Gasteiger charge is -2.39. The van der Waals surface area contributed by atoms with Gasteiger partial charge in [0.2, 0.25) is 5.91 Å². The van der Waals surface area contributed by atoms with Crippen LogP contribution in [0.4, 0.5) is 0 Å². The summed E-state index contributed by atoms with van der Waals surface area (Å²) in [6, 6.07) is 0.912. The number of carbonyl (C=O) groups excluding carboxylic acids is 1. The maximum Gasteiger partial charge on any atom is 0.236 e. The largest absolute Gasteiger partial charge is 0.339 e. The molecule has 2 unspecified atom stereocenters. The minimum absolute atomic E-state index is 0.243. The smallest absolute Gasteiger partial charge is 0.236 e. The van der Waals surface area contributed by atoms with E-state index in [1.54, 1.807) is 0 Å². The fourth-order valence-corrected chi connectivity index (χ4v) is 2.21. The summed E-state index contributed by atoms with van der Waals surface area (Å²) in [5.74, 6) is 0.243. The summed E-state index contributed by atoms with van der Waals surface area (Å²) in [5.41, 5.74) is 0. The highest BCUT2D eigenvalue weighted by Crippen LogP contribution is 2.08. The summed E-state index contributed by atoms with van der Waals surface area (Å²) in [4.78, 5) is 16.4. The molecule has 0 aliphatic carbocycles. The van der Waals surface area contributed by atoms with Gasteiger partial charge in [-0.2, -0.15) is 0 Å². The van der Waals surface area contributed by atoms with E-state index < -0.39 is 0 Å². The summed E-state index contributed by atoms with van der Waals surface area (Å²) in [5, 5.41) is 3.26. The molecule has 4 heteroatoms. The standard InChI is InChI=1S/C13H27N3O/c1-5-11(3)14-9-13(17)16-8-7-15(6-2)12(4)10-16/h11-12,14H,5-10H2,1-4H3. The van der Waals surface area contributed by atoms with E-state index in [1.165, 1.54) is 0 Å². The lowest BCUT2D eigenvalue weighted by Crippen LogP contribution is -2.55. The van der Waals surface area contributed by atoms with Crippen molar-refractivity contribution < 1.29 is 4.79 Å². The molecule has 100 valence electrons. The number of nitrogens with one attached hydrogen (secondary N) is 1. The Morgan fingerprint density at radius 1 is 1.41 bits per heavy atom. The van der Waals surface area contributed by atoms with Gasteiger partial charge in [0.1, 0.15) is 0 Å². The van der Waals surface area contributed by atoms with Crippen molar-refractivity contribution in [3.63, 3.8) is 0 Å². The number of nitrogens with zero attached hydrogens (tertiary/aromatic N) is 2. The first-order valence-corrected chi connectivity index (χ1v) is 6.83. The van der Waals surface area contributed by atoms with E-state index >= 15 is 0 Å². The monoisotopic (exact) mass is 241 g/mol. The van der Waals surface area contributed by atoms with Crippen LogP contribution < -0.4 is 5.32 Å². The molecule has 0 saturated carbocycles. The average molecular weight is 241 g/mol. The van der Waals surface area contributed by atoms with E-state index in [9.17, 15) is 4.79 Å². The number of amides is 1. The van der Waals surface area contributed by atoms with Crippen LogP contribution in [-0.2, 0) is 4.79 Å². The number of piperazine rings is 1. The second-order valence-corrected chi connectivity index (χ2v) is 5.01. The first-order chi connectivity index (χ1) is 8.08. The SMILES string of the molecule is CCC(C)NCC(=O)N1CCN(CC)C(C)C1. The molecular formula is C13H27N3O. The Bertz CT molecular complexity index is 245. The number of hydrogen-bond acceptors (Lipinski definition) is 3. The van der Waals surface area contributed by atoms with Gasteiger partial charge in [0.05, 0.1) is 6.54 Å². The minimum atomic E-state index is 0.243. The van der Waals surface area contributed by atoms with Gasteiger partial charge in [-0.15, -0.1) is 0 Å². The first-order valence-electron chi connectivity index (χ1n) is 6.83. The number of likely N-dealkylation sites (N-methyl/N-ethyl adjacent to an activating group) is 1. The maximum absolute atomic E-state index is 12.0. The van der Waals surface area contributed by atoms with E-state index in [0.29, 0.717) is 18.6 Å². The fraction of sp³-hybridized carbons (Fsp3) is 0.923. The average Bonchev–Trinajstić information content (AvgIpc) is 2.35. The third-order valence-electron chi connectivity index (χ3n) is 3.74. The Hall–Kier alpha value is -0.610. The molecule has 0 bridgehead atoms. The van der Waals surface area contributed by atoms with Crippen LogP contribution in [0, 0.1) is 0 Å². The fourth-order valence-electron chi connectivity index (χ4n) is 2.21. The molecule has 0 aromatic carbocycles. The Labute approximate surface area is 105 Å². The molecule has 0 aromatic rings. The van der Waals surface area contributed by atoms with Crippen LogP contribution >= 0.6 is 0 Å². The first kappa shape index (κ1) is 14.5. The maximum atomic E-state index is 12.0. The van der Waals surface area contributed by atoms with Crippen molar-refractivity contribution in [2.24, 2.45) is 0 Å². The Morgan fingerprint density at radius 2 is 2.12 bits per heavy atom. The molecule has 1 fully saturated rings. The van der Waals surface area contributed by atoms with Gasteiger partial charge in [-0.3, -0.25) is 9.69 Å². The molecule has 0 radical (unpaired) electrons. The van der Waals surface area contributed by atoms with Gasteiger partial charge in [0.15, 0.2) is 0 Å². The molecule has 2 atom stereocenters. The number of rotatable bonds is 5. The van der Waals surface area contributed by atoms with Gasteiger partial charge in [-0.05, 0) is 26.8 Å². The van der Waals surface area contributed by atoms with Crippen LogP contribution in [0.15, 0.2) is 0 Å². The van der Waals surface area contributed by atoms with E-state index in [2.05, 4.69) is 37.9 Å². The third-order valence-corrected chi connectivity index (χ3v) is 3.74. The summed E-state index contributed by atoms with van der Waals surface area (Å²) < 4.78 is 0. The van der Waals surface area contributed by atoms with Gasteiger partial charge in [-0.25, -0.2) is 0 Å². The molecule has 1 saturated heterocycles.